The molecule has 2 aromatic carbocycles. The Bertz CT molecular complexity index is 1240. The Labute approximate surface area is 199 Å². The molecular weight excluding hydrogens is 440 g/mol. The Balaban J connectivity index is 2.16. The normalized spacial score (nSPS) is 11.5. The fourth-order valence-corrected chi connectivity index (χ4v) is 4.03. The molecule has 1 aromatic heterocycles. The van der Waals surface area contributed by atoms with E-state index in [0.717, 1.165) is 39.7 Å². The second kappa shape index (κ2) is 9.48. The van der Waals surface area contributed by atoms with E-state index in [1.165, 1.54) is 0 Å². The highest BCUT2D eigenvalue weighted by atomic mass is 35.5. The minimum atomic E-state index is -0.578. The molecule has 0 aliphatic heterocycles. The zero-order valence-corrected chi connectivity index (χ0v) is 21.0. The Kier molecular flexibility index (Phi) is 7.08. The number of nitrogens with zero attached hydrogens (tertiary/aromatic N) is 1. The number of rotatable bonds is 5. The molecule has 1 N–H and O–H groups in total. The van der Waals surface area contributed by atoms with E-state index in [4.69, 9.17) is 21.1 Å². The molecule has 0 unspecified atom stereocenters. The summed E-state index contributed by atoms with van der Waals surface area (Å²) < 4.78 is 11.3. The van der Waals surface area contributed by atoms with Crippen LogP contribution >= 0.6 is 11.6 Å². The highest BCUT2D eigenvalue weighted by Gasteiger charge is 2.24. The first-order chi connectivity index (χ1) is 15.5. The average Bonchev–Trinajstić information content (AvgIpc) is 2.75. The number of aromatic amines is 1. The van der Waals surface area contributed by atoms with Gasteiger partial charge in [0.1, 0.15) is 16.4 Å². The van der Waals surface area contributed by atoms with Crippen molar-refractivity contribution in [1.82, 2.24) is 4.98 Å². The first-order valence-electron chi connectivity index (χ1n) is 11.0. The van der Waals surface area contributed by atoms with Crippen LogP contribution in [0, 0.1) is 13.8 Å². The quantitative estimate of drug-likeness (QED) is 0.454. The molecule has 6 nitrogen and oxygen atoms in total. The van der Waals surface area contributed by atoms with E-state index >= 15 is 0 Å². The van der Waals surface area contributed by atoms with Crippen molar-refractivity contribution in [3.63, 3.8) is 0 Å². The summed E-state index contributed by atoms with van der Waals surface area (Å²) in [6, 6.07) is 9.56. The lowest BCUT2D eigenvalue weighted by molar-refractivity contribution is 0.0580. The third-order valence-electron chi connectivity index (χ3n) is 5.38. The Morgan fingerprint density at radius 1 is 1.15 bits per heavy atom. The summed E-state index contributed by atoms with van der Waals surface area (Å²) in [4.78, 5) is 29.6. The lowest BCUT2D eigenvalue weighted by Gasteiger charge is -2.27. The van der Waals surface area contributed by atoms with Crippen molar-refractivity contribution in [2.45, 2.75) is 53.6 Å². The number of H-pyrrole nitrogens is 1. The zero-order valence-electron chi connectivity index (χ0n) is 20.3. The van der Waals surface area contributed by atoms with Gasteiger partial charge in [0.2, 0.25) is 0 Å². The number of hydrogen-bond donors (Lipinski definition) is 1. The second-order valence-corrected chi connectivity index (χ2v) is 9.47. The van der Waals surface area contributed by atoms with Gasteiger partial charge in [0.05, 0.1) is 12.6 Å². The summed E-state index contributed by atoms with van der Waals surface area (Å²) in [7, 11) is 1.62. The maximum Gasteiger partial charge on any atom is 0.414 e. The van der Waals surface area contributed by atoms with Crippen molar-refractivity contribution < 1.29 is 14.3 Å². The summed E-state index contributed by atoms with van der Waals surface area (Å²) in [5.74, 6) is 0.677. The predicted octanol–water partition coefficient (Wildman–Crippen LogP) is 6.63. The van der Waals surface area contributed by atoms with Crippen LogP contribution in [0.15, 0.2) is 35.1 Å². The third kappa shape index (κ3) is 5.01. The van der Waals surface area contributed by atoms with Gasteiger partial charge in [0.15, 0.2) is 0 Å². The van der Waals surface area contributed by atoms with Crippen LogP contribution in [-0.2, 0) is 4.74 Å². The Hall–Kier alpha value is -2.99. The number of anilines is 1. The van der Waals surface area contributed by atoms with Gasteiger partial charge in [-0.1, -0.05) is 30.7 Å². The summed E-state index contributed by atoms with van der Waals surface area (Å²) in [6.07, 6.45) is 0.415. The van der Waals surface area contributed by atoms with Crippen LogP contribution in [0.4, 0.5) is 10.5 Å². The summed E-state index contributed by atoms with van der Waals surface area (Å²) in [5.41, 5.74) is 3.87. The first kappa shape index (κ1) is 24.6. The monoisotopic (exact) mass is 470 g/mol. The number of amides is 1. The van der Waals surface area contributed by atoms with E-state index in [9.17, 15) is 9.59 Å². The van der Waals surface area contributed by atoms with Crippen LogP contribution < -0.4 is 15.2 Å². The van der Waals surface area contributed by atoms with Crippen molar-refractivity contribution in [1.29, 1.82) is 0 Å². The van der Waals surface area contributed by atoms with Gasteiger partial charge in [-0.2, -0.15) is 0 Å². The predicted molar refractivity (Wildman–Crippen MR) is 135 cm³/mol. The minimum absolute atomic E-state index is 0.159. The van der Waals surface area contributed by atoms with Gasteiger partial charge in [-0.3, -0.25) is 9.69 Å². The van der Waals surface area contributed by atoms with Gasteiger partial charge in [-0.25, -0.2) is 4.79 Å². The molecule has 0 spiro atoms. The Morgan fingerprint density at radius 2 is 1.79 bits per heavy atom. The maximum absolute atomic E-state index is 12.8. The number of carbonyl (C=O) groups excluding carboxylic acids is 1. The van der Waals surface area contributed by atoms with E-state index in [2.05, 4.69) is 4.98 Å². The largest absolute Gasteiger partial charge is 0.496 e. The van der Waals surface area contributed by atoms with Gasteiger partial charge in [0.25, 0.3) is 5.56 Å². The van der Waals surface area contributed by atoms with Crippen LogP contribution in [-0.4, -0.2) is 30.3 Å². The van der Waals surface area contributed by atoms with Gasteiger partial charge in [-0.05, 0) is 75.9 Å². The van der Waals surface area contributed by atoms with Crippen molar-refractivity contribution in [2.75, 3.05) is 18.6 Å². The Morgan fingerprint density at radius 3 is 2.33 bits per heavy atom. The van der Waals surface area contributed by atoms with Gasteiger partial charge in [-0.15, -0.1) is 0 Å². The zero-order chi connectivity index (χ0) is 24.5. The van der Waals surface area contributed by atoms with Crippen LogP contribution in [0.3, 0.4) is 0 Å². The van der Waals surface area contributed by atoms with E-state index in [1.807, 2.05) is 71.9 Å². The molecule has 1 heterocycles. The molecule has 7 heteroatoms. The van der Waals surface area contributed by atoms with Crippen molar-refractivity contribution in [3.05, 3.63) is 56.8 Å². The average molecular weight is 471 g/mol. The number of aromatic nitrogens is 1. The van der Waals surface area contributed by atoms with Gasteiger partial charge in [0, 0.05) is 23.2 Å². The molecule has 0 atom stereocenters. The number of pyridine rings is 1. The number of nitrogens with one attached hydrogen (secondary N) is 1. The standard InChI is InChI=1S/C26H31ClN2O4/c1-8-13-29(25(31)33-26(4,5)6)18-11-9-17(10-12-18)21-19(32-7)14-15(2)23-20(21)16(3)22(27)24(30)28-23/h9-12,14H,8,13H2,1-7H3,(H,28,30). The number of carbonyl (C=O) groups is 1. The lowest BCUT2D eigenvalue weighted by Crippen LogP contribution is -2.37. The molecule has 0 radical (unpaired) electrons. The number of benzene rings is 2. The molecule has 176 valence electrons. The fourth-order valence-electron chi connectivity index (χ4n) is 3.89. The smallest absolute Gasteiger partial charge is 0.414 e. The van der Waals surface area contributed by atoms with Crippen LogP contribution in [0.1, 0.15) is 45.2 Å². The number of fused-ring (bicyclic) bond motifs is 1. The van der Waals surface area contributed by atoms with Gasteiger partial charge >= 0.3 is 6.09 Å². The SMILES string of the molecule is CCCN(C(=O)OC(C)(C)C)c1ccc(-c2c(OC)cc(C)c3[nH]c(=O)c(Cl)c(C)c23)cc1. The van der Waals surface area contributed by atoms with E-state index in [0.29, 0.717) is 17.9 Å². The molecule has 0 fully saturated rings. The molecule has 0 saturated carbocycles. The number of hydrogen-bond acceptors (Lipinski definition) is 4. The number of aryl methyl sites for hydroxylation is 2. The molecule has 0 bridgehead atoms. The van der Waals surface area contributed by atoms with E-state index in [-0.39, 0.29) is 16.7 Å². The van der Waals surface area contributed by atoms with Crippen molar-refractivity contribution in [3.8, 4) is 16.9 Å². The minimum Gasteiger partial charge on any atom is -0.496 e. The van der Waals surface area contributed by atoms with E-state index < -0.39 is 5.60 Å². The number of methoxy groups -OCH3 is 1. The van der Waals surface area contributed by atoms with E-state index in [1.54, 1.807) is 12.0 Å². The number of halogens is 1. The van der Waals surface area contributed by atoms with Crippen LogP contribution in [0.25, 0.3) is 22.0 Å². The highest BCUT2D eigenvalue weighted by molar-refractivity contribution is 6.32. The number of ether oxygens (including phenoxy) is 2. The lowest BCUT2D eigenvalue weighted by atomic mass is 9.94. The summed E-state index contributed by atoms with van der Waals surface area (Å²) >= 11 is 6.31. The maximum atomic E-state index is 12.8. The second-order valence-electron chi connectivity index (χ2n) is 9.09. The van der Waals surface area contributed by atoms with Crippen LogP contribution in [0.5, 0.6) is 5.75 Å². The molecule has 0 aliphatic carbocycles. The molecule has 33 heavy (non-hydrogen) atoms. The molecule has 1 amide bonds. The molecule has 3 rings (SSSR count). The first-order valence-corrected chi connectivity index (χ1v) is 11.4. The summed E-state index contributed by atoms with van der Waals surface area (Å²) in [5, 5.41) is 0.994. The molecule has 3 aromatic rings. The van der Waals surface area contributed by atoms with Crippen molar-refractivity contribution in [2.24, 2.45) is 0 Å². The molecular formula is C26H31ClN2O4. The third-order valence-corrected chi connectivity index (χ3v) is 5.83. The molecule has 0 aliphatic rings. The van der Waals surface area contributed by atoms with Gasteiger partial charge < -0.3 is 14.5 Å². The highest BCUT2D eigenvalue weighted by Crippen LogP contribution is 2.41. The summed E-state index contributed by atoms with van der Waals surface area (Å²) in [6.45, 7) is 11.9. The fraction of sp³-hybridized carbons (Fsp3) is 0.385. The topological polar surface area (TPSA) is 71.6 Å². The van der Waals surface area contributed by atoms with Crippen LogP contribution in [0.2, 0.25) is 5.02 Å². The van der Waals surface area contributed by atoms with Crippen molar-refractivity contribution >= 4 is 34.3 Å². The molecule has 0 saturated heterocycles.